The van der Waals surface area contributed by atoms with E-state index >= 15 is 0 Å². The Balaban J connectivity index is 2.08. The van der Waals surface area contributed by atoms with E-state index in [2.05, 4.69) is 10.9 Å². The Hall–Kier alpha value is -2.25. The Labute approximate surface area is 111 Å². The first-order chi connectivity index (χ1) is 9.20. The fourth-order valence-electron chi connectivity index (χ4n) is 2.79. The van der Waals surface area contributed by atoms with Crippen LogP contribution in [-0.2, 0) is 17.8 Å². The fraction of sp³-hybridized carbons (Fsp3) is 0.267. The molecule has 0 unspecified atom stereocenters. The summed E-state index contributed by atoms with van der Waals surface area (Å²) in [6.45, 7) is 0.914. The minimum absolute atomic E-state index is 0.353. The molecule has 0 saturated carbocycles. The lowest BCUT2D eigenvalue weighted by Crippen LogP contribution is -2.45. The van der Waals surface area contributed by atoms with Crippen molar-refractivity contribution in [2.45, 2.75) is 19.0 Å². The molecule has 4 nitrogen and oxygen atoms in total. The van der Waals surface area contributed by atoms with Crippen molar-refractivity contribution in [1.29, 1.82) is 0 Å². The van der Waals surface area contributed by atoms with Crippen LogP contribution in [0, 0.1) is 12.3 Å². The van der Waals surface area contributed by atoms with Gasteiger partial charge in [-0.15, -0.1) is 6.42 Å². The number of nitrogens with zero attached hydrogens (tertiary/aromatic N) is 1. The molecule has 1 aromatic heterocycles. The molecule has 96 valence electrons. The van der Waals surface area contributed by atoms with E-state index in [1.54, 1.807) is 0 Å². The second-order valence-electron chi connectivity index (χ2n) is 4.79. The van der Waals surface area contributed by atoms with Gasteiger partial charge in [0.25, 0.3) is 0 Å². The molecule has 0 bridgehead atoms. The number of para-hydroxylation sites is 1. The van der Waals surface area contributed by atoms with Crippen LogP contribution in [0.2, 0.25) is 0 Å². The standard InChI is InChI=1S/C15H14N2O2/c1-2-7-17-9-13-11(8-14(17)15(18)19)10-5-3-4-6-12(10)16-13/h1,3-6,14,16H,7-9H2,(H,18,19)/t14-/m0/s1. The van der Waals surface area contributed by atoms with Crippen molar-refractivity contribution < 1.29 is 9.90 Å². The van der Waals surface area contributed by atoms with Crippen LogP contribution in [0.25, 0.3) is 10.9 Å². The molecule has 3 rings (SSSR count). The van der Waals surface area contributed by atoms with E-state index < -0.39 is 12.0 Å². The number of aliphatic carboxylic acids is 1. The van der Waals surface area contributed by atoms with E-state index in [9.17, 15) is 9.90 Å². The number of aromatic amines is 1. The van der Waals surface area contributed by atoms with Gasteiger partial charge in [0.15, 0.2) is 0 Å². The molecule has 0 fully saturated rings. The van der Waals surface area contributed by atoms with Gasteiger partial charge in [-0.05, 0) is 11.6 Å². The summed E-state index contributed by atoms with van der Waals surface area (Å²) in [6.07, 6.45) is 5.82. The molecule has 0 amide bonds. The molecule has 1 aliphatic heterocycles. The first kappa shape index (κ1) is 11.8. The Morgan fingerprint density at radius 1 is 1.53 bits per heavy atom. The van der Waals surface area contributed by atoms with Gasteiger partial charge in [0, 0.05) is 29.6 Å². The molecular weight excluding hydrogens is 240 g/mol. The first-order valence-corrected chi connectivity index (χ1v) is 6.19. The molecule has 19 heavy (non-hydrogen) atoms. The number of carboxylic acid groups (broad SMARTS) is 1. The van der Waals surface area contributed by atoms with Crippen LogP contribution >= 0.6 is 0 Å². The SMILES string of the molecule is C#CCN1Cc2[nH]c3ccccc3c2C[C@H]1C(=O)O. The number of hydrogen-bond acceptors (Lipinski definition) is 2. The van der Waals surface area contributed by atoms with E-state index in [0.717, 1.165) is 22.2 Å². The predicted molar refractivity (Wildman–Crippen MR) is 72.7 cm³/mol. The third-order valence-corrected chi connectivity index (χ3v) is 3.68. The summed E-state index contributed by atoms with van der Waals surface area (Å²) in [5, 5.41) is 10.5. The fourth-order valence-corrected chi connectivity index (χ4v) is 2.79. The van der Waals surface area contributed by atoms with Crippen LogP contribution in [0.1, 0.15) is 11.3 Å². The van der Waals surface area contributed by atoms with Gasteiger partial charge >= 0.3 is 5.97 Å². The number of H-pyrrole nitrogens is 1. The van der Waals surface area contributed by atoms with Gasteiger partial charge in [0.05, 0.1) is 6.54 Å². The molecule has 4 heteroatoms. The van der Waals surface area contributed by atoms with Crippen molar-refractivity contribution in [3.05, 3.63) is 35.5 Å². The lowest BCUT2D eigenvalue weighted by molar-refractivity contribution is -0.143. The summed E-state index contributed by atoms with van der Waals surface area (Å²) in [6, 6.07) is 7.44. The minimum atomic E-state index is -0.814. The zero-order valence-electron chi connectivity index (χ0n) is 10.4. The number of carboxylic acids is 1. The average molecular weight is 254 g/mol. The topological polar surface area (TPSA) is 56.3 Å². The minimum Gasteiger partial charge on any atom is -0.480 e. The third-order valence-electron chi connectivity index (χ3n) is 3.68. The molecule has 1 atom stereocenters. The number of carbonyl (C=O) groups is 1. The maximum Gasteiger partial charge on any atom is 0.321 e. The molecule has 0 saturated heterocycles. The van der Waals surface area contributed by atoms with Crippen LogP contribution in [0.4, 0.5) is 0 Å². The quantitative estimate of drug-likeness (QED) is 0.801. The van der Waals surface area contributed by atoms with E-state index in [1.807, 2.05) is 29.2 Å². The second-order valence-corrected chi connectivity index (χ2v) is 4.79. The van der Waals surface area contributed by atoms with Crippen LogP contribution < -0.4 is 0 Å². The summed E-state index contributed by atoms with van der Waals surface area (Å²) in [4.78, 5) is 16.6. The number of hydrogen-bond donors (Lipinski definition) is 2. The highest BCUT2D eigenvalue weighted by Crippen LogP contribution is 2.30. The first-order valence-electron chi connectivity index (χ1n) is 6.19. The zero-order valence-corrected chi connectivity index (χ0v) is 10.4. The highest BCUT2D eigenvalue weighted by molar-refractivity contribution is 5.86. The molecule has 2 N–H and O–H groups in total. The molecule has 2 aromatic rings. The molecular formula is C15H14N2O2. The Morgan fingerprint density at radius 3 is 3.05 bits per heavy atom. The zero-order chi connectivity index (χ0) is 13.4. The smallest absolute Gasteiger partial charge is 0.321 e. The van der Waals surface area contributed by atoms with Crippen molar-refractivity contribution in [2.75, 3.05) is 6.54 Å². The van der Waals surface area contributed by atoms with Gasteiger partial charge in [-0.25, -0.2) is 0 Å². The number of terminal acetylenes is 1. The number of benzene rings is 1. The van der Waals surface area contributed by atoms with Gasteiger partial charge in [0.2, 0.25) is 0 Å². The summed E-state index contributed by atoms with van der Waals surface area (Å²) in [5.41, 5.74) is 3.24. The van der Waals surface area contributed by atoms with Gasteiger partial charge in [-0.2, -0.15) is 0 Å². The molecule has 0 radical (unpaired) electrons. The van der Waals surface area contributed by atoms with Gasteiger partial charge in [0.1, 0.15) is 6.04 Å². The van der Waals surface area contributed by atoms with Crippen molar-refractivity contribution in [3.8, 4) is 12.3 Å². The van der Waals surface area contributed by atoms with Crippen LogP contribution in [-0.4, -0.2) is 33.5 Å². The number of fused-ring (bicyclic) bond motifs is 3. The van der Waals surface area contributed by atoms with Crippen molar-refractivity contribution in [2.24, 2.45) is 0 Å². The summed E-state index contributed by atoms with van der Waals surface area (Å²) < 4.78 is 0. The average Bonchev–Trinajstić information content (AvgIpc) is 2.75. The second kappa shape index (κ2) is 4.45. The van der Waals surface area contributed by atoms with E-state index in [0.29, 0.717) is 19.5 Å². The van der Waals surface area contributed by atoms with Crippen LogP contribution in [0.3, 0.4) is 0 Å². The van der Waals surface area contributed by atoms with Crippen LogP contribution in [0.5, 0.6) is 0 Å². The van der Waals surface area contributed by atoms with E-state index in [1.165, 1.54) is 0 Å². The summed E-state index contributed by atoms with van der Waals surface area (Å²) in [7, 11) is 0. The van der Waals surface area contributed by atoms with E-state index in [-0.39, 0.29) is 0 Å². The largest absolute Gasteiger partial charge is 0.480 e. The van der Waals surface area contributed by atoms with Crippen molar-refractivity contribution in [1.82, 2.24) is 9.88 Å². The number of nitrogens with one attached hydrogen (secondary N) is 1. The molecule has 1 aromatic carbocycles. The number of aromatic nitrogens is 1. The Morgan fingerprint density at radius 2 is 2.32 bits per heavy atom. The Bertz CT molecular complexity index is 681. The monoisotopic (exact) mass is 254 g/mol. The normalized spacial score (nSPS) is 19.0. The summed E-state index contributed by atoms with van der Waals surface area (Å²) in [5.74, 6) is 1.72. The van der Waals surface area contributed by atoms with E-state index in [4.69, 9.17) is 6.42 Å². The number of rotatable bonds is 2. The highest BCUT2D eigenvalue weighted by atomic mass is 16.4. The molecule has 0 aliphatic carbocycles. The third kappa shape index (κ3) is 1.88. The van der Waals surface area contributed by atoms with Gasteiger partial charge in [-0.3, -0.25) is 9.69 Å². The predicted octanol–water partition coefficient (Wildman–Crippen LogP) is 1.61. The van der Waals surface area contributed by atoms with Gasteiger partial charge in [-0.1, -0.05) is 24.1 Å². The maximum absolute atomic E-state index is 11.4. The maximum atomic E-state index is 11.4. The van der Waals surface area contributed by atoms with Crippen LogP contribution in [0.15, 0.2) is 24.3 Å². The molecule has 1 aliphatic rings. The van der Waals surface area contributed by atoms with Crippen molar-refractivity contribution in [3.63, 3.8) is 0 Å². The molecule has 0 spiro atoms. The highest BCUT2D eigenvalue weighted by Gasteiger charge is 2.32. The lowest BCUT2D eigenvalue weighted by atomic mass is 9.97. The van der Waals surface area contributed by atoms with Gasteiger partial charge < -0.3 is 10.1 Å². The Kier molecular flexibility index (Phi) is 2.77. The molecule has 2 heterocycles. The summed E-state index contributed by atoms with van der Waals surface area (Å²) >= 11 is 0. The van der Waals surface area contributed by atoms with Crippen molar-refractivity contribution >= 4 is 16.9 Å². The lowest BCUT2D eigenvalue weighted by Gasteiger charge is -2.31.